The number of nitrogens with one attached hydrogen (secondary N) is 1. The van der Waals surface area contributed by atoms with Crippen molar-refractivity contribution in [1.82, 2.24) is 19.4 Å². The van der Waals surface area contributed by atoms with Crippen molar-refractivity contribution in [1.29, 1.82) is 0 Å². The van der Waals surface area contributed by atoms with Crippen LogP contribution in [0.2, 0.25) is 0 Å². The highest BCUT2D eigenvalue weighted by atomic mass is 31.2. The monoisotopic (exact) mass is 775 g/mol. The van der Waals surface area contributed by atoms with E-state index in [0.29, 0.717) is 11.6 Å². The van der Waals surface area contributed by atoms with Crippen LogP contribution < -0.4 is 21.5 Å². The van der Waals surface area contributed by atoms with Gasteiger partial charge < -0.3 is 24.4 Å². The third-order valence-corrected chi connectivity index (χ3v) is 9.89. The highest BCUT2D eigenvalue weighted by molar-refractivity contribution is 7.51. The molecule has 0 spiro atoms. The van der Waals surface area contributed by atoms with Crippen LogP contribution in [0.3, 0.4) is 0 Å². The van der Waals surface area contributed by atoms with Crippen LogP contribution in [0.5, 0.6) is 0 Å². The van der Waals surface area contributed by atoms with Gasteiger partial charge in [-0.15, -0.1) is 0 Å². The maximum Gasteiger partial charge on any atom is 0.449 e. The van der Waals surface area contributed by atoms with Gasteiger partial charge in [-0.3, -0.25) is 23.4 Å². The highest BCUT2D eigenvalue weighted by Crippen LogP contribution is 2.35. The van der Waals surface area contributed by atoms with Gasteiger partial charge in [0.2, 0.25) is 5.76 Å². The van der Waals surface area contributed by atoms with E-state index in [4.69, 9.17) is 4.42 Å². The van der Waals surface area contributed by atoms with E-state index in [1.54, 1.807) is 40.1 Å². The normalized spacial score (nSPS) is 15.2. The molecule has 0 radical (unpaired) electrons. The lowest BCUT2D eigenvalue weighted by Crippen LogP contribution is -2.51. The molecule has 0 amide bonds. The van der Waals surface area contributed by atoms with Crippen molar-refractivity contribution >= 4 is 13.3 Å². The van der Waals surface area contributed by atoms with Gasteiger partial charge >= 0.3 is 25.6 Å². The van der Waals surface area contributed by atoms with Gasteiger partial charge in [0.1, 0.15) is 17.3 Å². The highest BCUT2D eigenvalue weighted by Gasteiger charge is 2.36. The van der Waals surface area contributed by atoms with E-state index in [-0.39, 0.29) is 69.4 Å². The van der Waals surface area contributed by atoms with Gasteiger partial charge in [0.15, 0.2) is 0 Å². The molecule has 1 atom stereocenters. The first-order chi connectivity index (χ1) is 24.8. The van der Waals surface area contributed by atoms with Crippen LogP contribution in [0.4, 0.5) is 36.4 Å². The van der Waals surface area contributed by atoms with Crippen LogP contribution in [0.1, 0.15) is 46.4 Å². The number of alkyl halides is 6. The smallest absolute Gasteiger partial charge is 0.449 e. The Hall–Kier alpha value is -4.22. The van der Waals surface area contributed by atoms with Crippen molar-refractivity contribution in [2.45, 2.75) is 51.4 Å². The van der Waals surface area contributed by atoms with Crippen LogP contribution in [-0.4, -0.2) is 62.7 Å². The summed E-state index contributed by atoms with van der Waals surface area (Å²) in [6, 6.07) is 12.2. The molecule has 3 N–H and O–H groups in total. The number of anilines is 1. The molecule has 5 rings (SSSR count). The molecule has 2 aromatic heterocycles. The van der Waals surface area contributed by atoms with Crippen LogP contribution in [0.15, 0.2) is 74.7 Å². The fourth-order valence-electron chi connectivity index (χ4n) is 6.32. The Morgan fingerprint density at radius 3 is 2.15 bits per heavy atom. The van der Waals surface area contributed by atoms with E-state index < -0.39 is 72.7 Å². The average molecular weight is 776 g/mol. The molecule has 1 fully saturated rings. The fourth-order valence-corrected chi connectivity index (χ4v) is 6.89. The van der Waals surface area contributed by atoms with Gasteiger partial charge in [0.25, 0.3) is 5.56 Å². The van der Waals surface area contributed by atoms with Crippen molar-refractivity contribution < 1.29 is 49.5 Å². The van der Waals surface area contributed by atoms with Gasteiger partial charge in [-0.1, -0.05) is 36.4 Å². The lowest BCUT2D eigenvalue weighted by molar-refractivity contribution is -0.153. The molecule has 0 unspecified atom stereocenters. The standard InChI is InChI=1S/C34H37F7N5O6P/c1-22-30(44-16-14-43(15-17-44)19-24-11-12-29(52-24)34(39,40)41)31(47)46(21-28(23-7-3-2-4-8-23)42-13-6-18-53(49,50)51)32(48)45(22)20-25-26(33(36,37)38)9-5-10-27(25)35/h2-5,7-12,28,42H,6,13-21H2,1H3,(H2,49,50,51)/t28-/m0/s1. The molecule has 4 aromatic rings. The summed E-state index contributed by atoms with van der Waals surface area (Å²) < 4.78 is 114. The largest absolute Gasteiger partial charge is 0.455 e. The summed E-state index contributed by atoms with van der Waals surface area (Å²) in [7, 11) is -4.32. The Kier molecular flexibility index (Phi) is 12.1. The number of piperazine rings is 1. The second-order valence-corrected chi connectivity index (χ2v) is 14.4. The molecule has 53 heavy (non-hydrogen) atoms. The summed E-state index contributed by atoms with van der Waals surface area (Å²) in [5.41, 5.74) is -3.34. The van der Waals surface area contributed by atoms with Crippen LogP contribution in [0, 0.1) is 12.7 Å². The van der Waals surface area contributed by atoms with Crippen molar-refractivity contribution in [3.05, 3.63) is 121 Å². The van der Waals surface area contributed by atoms with E-state index in [0.717, 1.165) is 27.3 Å². The Labute approximate surface area is 298 Å². The second kappa shape index (κ2) is 16.0. The molecule has 2 aromatic carbocycles. The van der Waals surface area contributed by atoms with Crippen LogP contribution in [0.25, 0.3) is 0 Å². The lowest BCUT2D eigenvalue weighted by Gasteiger charge is -2.36. The zero-order valence-electron chi connectivity index (χ0n) is 28.3. The van der Waals surface area contributed by atoms with E-state index >= 15 is 4.39 Å². The van der Waals surface area contributed by atoms with E-state index in [9.17, 15) is 50.3 Å². The summed E-state index contributed by atoms with van der Waals surface area (Å²) in [5, 5.41) is 3.11. The van der Waals surface area contributed by atoms with Gasteiger partial charge in [-0.05, 0) is 49.7 Å². The Morgan fingerprint density at radius 2 is 1.55 bits per heavy atom. The van der Waals surface area contributed by atoms with Gasteiger partial charge in [0, 0.05) is 37.4 Å². The number of nitrogens with zero attached hydrogens (tertiary/aromatic N) is 4. The molecular formula is C34H37F7N5O6P. The van der Waals surface area contributed by atoms with Crippen LogP contribution >= 0.6 is 7.60 Å². The van der Waals surface area contributed by atoms with E-state index in [1.807, 2.05) is 0 Å². The Balaban J connectivity index is 1.53. The molecule has 0 saturated carbocycles. The molecule has 1 saturated heterocycles. The maximum atomic E-state index is 15.1. The van der Waals surface area contributed by atoms with Gasteiger partial charge in [-0.25, -0.2) is 9.18 Å². The first kappa shape index (κ1) is 40.0. The summed E-state index contributed by atoms with van der Waals surface area (Å²) in [5.74, 6) is -2.28. The molecular weight excluding hydrogens is 738 g/mol. The predicted octanol–water partition coefficient (Wildman–Crippen LogP) is 5.36. The Morgan fingerprint density at radius 1 is 0.868 bits per heavy atom. The summed E-state index contributed by atoms with van der Waals surface area (Å²) in [6.45, 7) is 0.998. The molecule has 11 nitrogen and oxygen atoms in total. The minimum Gasteiger partial charge on any atom is -0.455 e. The van der Waals surface area contributed by atoms with Crippen LogP contribution in [-0.2, 0) is 36.6 Å². The summed E-state index contributed by atoms with van der Waals surface area (Å²) >= 11 is 0. The quantitative estimate of drug-likeness (QED) is 0.0934. The second-order valence-electron chi connectivity index (χ2n) is 12.7. The van der Waals surface area contributed by atoms with Crippen molar-refractivity contribution in [3.63, 3.8) is 0 Å². The number of halogens is 7. The Bertz CT molecular complexity index is 2050. The van der Waals surface area contributed by atoms with Crippen molar-refractivity contribution in [3.8, 4) is 0 Å². The number of rotatable bonds is 13. The number of furan rings is 1. The zero-order chi connectivity index (χ0) is 38.7. The lowest BCUT2D eigenvalue weighted by atomic mass is 10.1. The zero-order valence-corrected chi connectivity index (χ0v) is 29.2. The molecule has 1 aliphatic heterocycles. The number of benzene rings is 2. The van der Waals surface area contributed by atoms with E-state index in [2.05, 4.69) is 5.32 Å². The van der Waals surface area contributed by atoms with Crippen molar-refractivity contribution in [2.24, 2.45) is 0 Å². The summed E-state index contributed by atoms with van der Waals surface area (Å²) in [6.07, 6.45) is -10.0. The molecule has 19 heteroatoms. The predicted molar refractivity (Wildman–Crippen MR) is 180 cm³/mol. The topological polar surface area (TPSA) is 133 Å². The van der Waals surface area contributed by atoms with Crippen molar-refractivity contribution in [2.75, 3.05) is 43.8 Å². The molecule has 0 aliphatic carbocycles. The number of hydrogen-bond donors (Lipinski definition) is 3. The first-order valence-electron chi connectivity index (χ1n) is 16.5. The minimum atomic E-state index is -4.97. The molecule has 288 valence electrons. The average Bonchev–Trinajstić information content (AvgIpc) is 3.56. The molecule has 3 heterocycles. The molecule has 0 bridgehead atoms. The van der Waals surface area contributed by atoms with Gasteiger partial charge in [-0.2, -0.15) is 26.3 Å². The first-order valence-corrected chi connectivity index (χ1v) is 18.3. The fraction of sp³-hybridized carbons (Fsp3) is 0.412. The minimum absolute atomic E-state index is 0.0206. The number of aromatic nitrogens is 2. The van der Waals surface area contributed by atoms with Gasteiger partial charge in [0.05, 0.1) is 37.4 Å². The number of hydrogen-bond acceptors (Lipinski definition) is 7. The maximum absolute atomic E-state index is 15.1. The van der Waals surface area contributed by atoms with E-state index in [1.165, 1.54) is 13.0 Å². The third kappa shape index (κ3) is 9.86. The summed E-state index contributed by atoms with van der Waals surface area (Å²) in [4.78, 5) is 50.5. The molecule has 1 aliphatic rings. The SMILES string of the molecule is Cc1c(N2CCN(Cc3ccc(C(F)(F)F)o3)CC2)c(=O)n(C[C@H](NCCCP(=O)(O)O)c2ccccc2)c(=O)n1Cc1c(F)cccc1C(F)(F)F. The third-order valence-electron chi connectivity index (χ3n) is 8.99.